The van der Waals surface area contributed by atoms with Crippen molar-refractivity contribution in [2.75, 3.05) is 22.4 Å². The smallest absolute Gasteiger partial charge is 0.267 e. The molecule has 0 radical (unpaired) electrons. The summed E-state index contributed by atoms with van der Waals surface area (Å²) in [6.07, 6.45) is 1.01. The molecule has 1 amide bonds. The number of hydroxylamine groups is 1. The van der Waals surface area contributed by atoms with Crippen LogP contribution in [0.1, 0.15) is 5.56 Å². The van der Waals surface area contributed by atoms with Gasteiger partial charge in [0, 0.05) is 5.69 Å². The summed E-state index contributed by atoms with van der Waals surface area (Å²) in [5.74, 6) is -0.177. The van der Waals surface area contributed by atoms with Gasteiger partial charge in [-0.2, -0.15) is 0 Å². The van der Waals surface area contributed by atoms with E-state index in [-0.39, 0.29) is 6.54 Å². The maximum atomic E-state index is 13.2. The number of aryl methyl sites for hydroxylation is 1. The fourth-order valence-corrected chi connectivity index (χ4v) is 3.96. The van der Waals surface area contributed by atoms with Crippen LogP contribution in [0.4, 0.5) is 15.8 Å². The number of carbonyl (C=O) groups is 1. The highest BCUT2D eigenvalue weighted by Crippen LogP contribution is 2.26. The third kappa shape index (κ3) is 6.67. The Morgan fingerprint density at radius 1 is 1.00 bits per heavy atom. The first kappa shape index (κ1) is 24.0. The molecule has 1 unspecified atom stereocenters. The Hall–Kier alpha value is -3.63. The summed E-state index contributed by atoms with van der Waals surface area (Å²) in [6, 6.07) is 17.8. The molecule has 0 saturated carbocycles. The molecule has 10 heteroatoms. The van der Waals surface area contributed by atoms with Gasteiger partial charge >= 0.3 is 0 Å². The van der Waals surface area contributed by atoms with Crippen molar-refractivity contribution < 1.29 is 27.5 Å². The van der Waals surface area contributed by atoms with Gasteiger partial charge in [0.05, 0.1) is 18.5 Å². The minimum absolute atomic E-state index is 0.297. The molecule has 3 aromatic carbocycles. The highest BCUT2D eigenvalue weighted by Gasteiger charge is 2.27. The normalized spacial score (nSPS) is 12.0. The van der Waals surface area contributed by atoms with Crippen LogP contribution in [0.5, 0.6) is 11.5 Å². The van der Waals surface area contributed by atoms with Crippen LogP contribution in [0.2, 0.25) is 0 Å². The summed E-state index contributed by atoms with van der Waals surface area (Å²) in [7, 11) is -3.80. The van der Waals surface area contributed by atoms with E-state index in [0.29, 0.717) is 22.9 Å². The number of nitrogens with one attached hydrogen (secondary N) is 2. The van der Waals surface area contributed by atoms with Gasteiger partial charge in [0.1, 0.15) is 23.4 Å². The first-order chi connectivity index (χ1) is 15.7. The number of sulfonamides is 1. The van der Waals surface area contributed by atoms with E-state index in [0.717, 1.165) is 16.1 Å². The molecule has 0 aliphatic carbocycles. The summed E-state index contributed by atoms with van der Waals surface area (Å²) in [6.45, 7) is 1.63. The number of carbonyl (C=O) groups excluding carboxylic acids is 1. The number of hydrogen-bond donors (Lipinski definition) is 3. The van der Waals surface area contributed by atoms with Crippen LogP contribution in [0.25, 0.3) is 0 Å². The topological polar surface area (TPSA) is 108 Å². The van der Waals surface area contributed by atoms with Gasteiger partial charge in [-0.3, -0.25) is 14.3 Å². The first-order valence-corrected chi connectivity index (χ1v) is 11.8. The fraction of sp³-hybridized carbons (Fsp3) is 0.174. The van der Waals surface area contributed by atoms with Gasteiger partial charge in [0.2, 0.25) is 10.0 Å². The summed E-state index contributed by atoms with van der Waals surface area (Å²) in [4.78, 5) is 12.2. The lowest BCUT2D eigenvalue weighted by Crippen LogP contribution is -2.48. The van der Waals surface area contributed by atoms with Gasteiger partial charge in [0.15, 0.2) is 0 Å². The quantitative estimate of drug-likeness (QED) is 0.323. The summed E-state index contributed by atoms with van der Waals surface area (Å²) < 4.78 is 45.0. The zero-order valence-corrected chi connectivity index (χ0v) is 18.8. The molecule has 0 aliphatic heterocycles. The maximum absolute atomic E-state index is 13.2. The largest absolute Gasteiger partial charge is 0.457 e. The Kier molecular flexibility index (Phi) is 7.52. The molecule has 0 aromatic heterocycles. The van der Waals surface area contributed by atoms with Crippen LogP contribution in [0.15, 0.2) is 72.8 Å². The number of rotatable bonds is 9. The molecule has 0 heterocycles. The zero-order chi connectivity index (χ0) is 24.0. The van der Waals surface area contributed by atoms with E-state index >= 15 is 0 Å². The first-order valence-electron chi connectivity index (χ1n) is 9.94. The Balaban J connectivity index is 1.82. The zero-order valence-electron chi connectivity index (χ0n) is 18.0. The van der Waals surface area contributed by atoms with E-state index in [1.165, 1.54) is 29.7 Å². The molecule has 0 saturated heterocycles. The van der Waals surface area contributed by atoms with Crippen LogP contribution in [-0.4, -0.2) is 38.4 Å². The van der Waals surface area contributed by atoms with Crippen molar-refractivity contribution in [2.24, 2.45) is 0 Å². The van der Waals surface area contributed by atoms with Gasteiger partial charge in [-0.05, 0) is 67.6 Å². The van der Waals surface area contributed by atoms with Crippen molar-refractivity contribution in [3.05, 3.63) is 84.2 Å². The summed E-state index contributed by atoms with van der Waals surface area (Å²) >= 11 is 0. The van der Waals surface area contributed by atoms with Crippen LogP contribution in [0.3, 0.4) is 0 Å². The SMILES string of the molecule is Cc1ccc(Oc2ccc(N(CC(Nc3ccc(F)cc3)C(=O)NO)S(C)(=O)=O)cc2)cc1. The molecule has 0 aliphatic rings. The van der Waals surface area contributed by atoms with Crippen LogP contribution in [-0.2, 0) is 14.8 Å². The van der Waals surface area contributed by atoms with Gasteiger partial charge in [-0.1, -0.05) is 17.7 Å². The van der Waals surface area contributed by atoms with Crippen molar-refractivity contribution in [1.29, 1.82) is 0 Å². The molecule has 3 aromatic rings. The van der Waals surface area contributed by atoms with E-state index in [9.17, 15) is 17.6 Å². The van der Waals surface area contributed by atoms with Crippen molar-refractivity contribution in [1.82, 2.24) is 5.48 Å². The summed E-state index contributed by atoms with van der Waals surface area (Å²) in [5, 5.41) is 11.9. The van der Waals surface area contributed by atoms with Crippen molar-refractivity contribution in [3.63, 3.8) is 0 Å². The van der Waals surface area contributed by atoms with Crippen LogP contribution < -0.4 is 19.8 Å². The lowest BCUT2D eigenvalue weighted by molar-refractivity contribution is -0.129. The number of anilines is 2. The number of ether oxygens (including phenoxy) is 1. The second-order valence-electron chi connectivity index (χ2n) is 7.38. The number of hydrogen-bond acceptors (Lipinski definition) is 6. The summed E-state index contributed by atoms with van der Waals surface area (Å²) in [5.41, 5.74) is 3.29. The fourth-order valence-electron chi connectivity index (χ4n) is 3.04. The number of halogens is 1. The Labute approximate surface area is 191 Å². The predicted octanol–water partition coefficient (Wildman–Crippen LogP) is 3.68. The average molecular weight is 474 g/mol. The van der Waals surface area contributed by atoms with Crippen molar-refractivity contribution in [2.45, 2.75) is 13.0 Å². The highest BCUT2D eigenvalue weighted by atomic mass is 32.2. The maximum Gasteiger partial charge on any atom is 0.267 e. The molecule has 33 heavy (non-hydrogen) atoms. The third-order valence-corrected chi connectivity index (χ3v) is 5.90. The van der Waals surface area contributed by atoms with Gasteiger partial charge in [0.25, 0.3) is 5.91 Å². The Bertz CT molecular complexity index is 1180. The standard InChI is InChI=1S/C23H24FN3O5S/c1-16-3-11-20(12-4-16)32-21-13-9-19(10-14-21)27(33(2,30)31)15-22(23(28)26-29)25-18-7-5-17(24)6-8-18/h3-14,22,25,29H,15H2,1-2H3,(H,26,28). The molecule has 174 valence electrons. The molecule has 1 atom stereocenters. The Morgan fingerprint density at radius 2 is 1.55 bits per heavy atom. The number of amides is 1. The van der Waals surface area contributed by atoms with Gasteiger partial charge in [-0.15, -0.1) is 0 Å². The molecule has 0 fully saturated rings. The van der Waals surface area contributed by atoms with E-state index in [1.807, 2.05) is 31.2 Å². The van der Waals surface area contributed by atoms with E-state index in [1.54, 1.807) is 24.3 Å². The van der Waals surface area contributed by atoms with E-state index < -0.39 is 27.8 Å². The van der Waals surface area contributed by atoms with E-state index in [4.69, 9.17) is 9.94 Å². The second kappa shape index (κ2) is 10.3. The van der Waals surface area contributed by atoms with E-state index in [2.05, 4.69) is 5.32 Å². The lowest BCUT2D eigenvalue weighted by Gasteiger charge is -2.27. The Morgan fingerprint density at radius 3 is 2.06 bits per heavy atom. The molecular weight excluding hydrogens is 449 g/mol. The highest BCUT2D eigenvalue weighted by molar-refractivity contribution is 7.92. The van der Waals surface area contributed by atoms with Gasteiger partial charge in [-0.25, -0.2) is 18.3 Å². The van der Waals surface area contributed by atoms with Crippen LogP contribution in [0, 0.1) is 12.7 Å². The number of nitrogens with zero attached hydrogens (tertiary/aromatic N) is 1. The van der Waals surface area contributed by atoms with Gasteiger partial charge < -0.3 is 10.1 Å². The molecule has 3 N–H and O–H groups in total. The minimum atomic E-state index is -3.80. The van der Waals surface area contributed by atoms with Crippen molar-refractivity contribution in [3.8, 4) is 11.5 Å². The molecular formula is C23H24FN3O5S. The molecule has 0 spiro atoms. The van der Waals surface area contributed by atoms with Crippen molar-refractivity contribution >= 4 is 27.3 Å². The average Bonchev–Trinajstić information content (AvgIpc) is 2.79. The second-order valence-corrected chi connectivity index (χ2v) is 9.29. The minimum Gasteiger partial charge on any atom is -0.457 e. The molecule has 3 rings (SSSR count). The molecule has 8 nitrogen and oxygen atoms in total. The van der Waals surface area contributed by atoms with Crippen LogP contribution >= 0.6 is 0 Å². The predicted molar refractivity (Wildman–Crippen MR) is 124 cm³/mol. The third-order valence-electron chi connectivity index (χ3n) is 4.74. The number of benzene rings is 3. The monoisotopic (exact) mass is 473 g/mol. The lowest BCUT2D eigenvalue weighted by atomic mass is 10.2. The molecule has 0 bridgehead atoms.